The van der Waals surface area contributed by atoms with Crippen molar-refractivity contribution in [3.05, 3.63) is 16.4 Å². The molecular formula is C12H20BrN3O. The molecular weight excluding hydrogens is 282 g/mol. The second kappa shape index (κ2) is 5.98. The Morgan fingerprint density at radius 1 is 1.53 bits per heavy atom. The van der Waals surface area contributed by atoms with Gasteiger partial charge in [-0.05, 0) is 28.8 Å². The Balaban J connectivity index is 2.19. The van der Waals surface area contributed by atoms with Gasteiger partial charge in [0.15, 0.2) is 0 Å². The Morgan fingerprint density at radius 2 is 2.29 bits per heavy atom. The molecule has 1 fully saturated rings. The molecule has 0 amide bonds. The largest absolute Gasteiger partial charge is 0.383 e. The highest BCUT2D eigenvalue weighted by molar-refractivity contribution is 9.10. The smallest absolute Gasteiger partial charge is 0.0658 e. The fourth-order valence-electron chi connectivity index (χ4n) is 2.60. The third-order valence-corrected chi connectivity index (χ3v) is 4.12. The molecule has 5 heteroatoms. The van der Waals surface area contributed by atoms with Gasteiger partial charge in [0.2, 0.25) is 0 Å². The van der Waals surface area contributed by atoms with Crippen LogP contribution in [0.5, 0.6) is 0 Å². The van der Waals surface area contributed by atoms with Gasteiger partial charge in [-0.1, -0.05) is 12.8 Å². The van der Waals surface area contributed by atoms with E-state index < -0.39 is 0 Å². The van der Waals surface area contributed by atoms with Crippen LogP contribution in [0.1, 0.15) is 37.3 Å². The maximum absolute atomic E-state index is 6.24. The van der Waals surface area contributed by atoms with E-state index >= 15 is 0 Å². The lowest BCUT2D eigenvalue weighted by Crippen LogP contribution is -2.33. The lowest BCUT2D eigenvalue weighted by Gasteiger charge is -2.29. The van der Waals surface area contributed by atoms with Crippen molar-refractivity contribution in [2.24, 2.45) is 5.73 Å². The molecule has 0 spiro atoms. The lowest BCUT2D eigenvalue weighted by molar-refractivity contribution is 0.181. The van der Waals surface area contributed by atoms with E-state index in [1.54, 1.807) is 7.11 Å². The van der Waals surface area contributed by atoms with Crippen molar-refractivity contribution in [1.29, 1.82) is 0 Å². The lowest BCUT2D eigenvalue weighted by atomic mass is 9.83. The van der Waals surface area contributed by atoms with Crippen molar-refractivity contribution in [2.75, 3.05) is 13.7 Å². The summed E-state index contributed by atoms with van der Waals surface area (Å²) in [5, 5.41) is 4.40. The highest BCUT2D eigenvalue weighted by atomic mass is 79.9. The zero-order valence-corrected chi connectivity index (χ0v) is 11.8. The highest BCUT2D eigenvalue weighted by Crippen LogP contribution is 2.35. The van der Waals surface area contributed by atoms with Gasteiger partial charge in [-0.15, -0.1) is 0 Å². The van der Waals surface area contributed by atoms with Crippen molar-refractivity contribution < 1.29 is 4.74 Å². The molecule has 2 rings (SSSR count). The summed E-state index contributed by atoms with van der Waals surface area (Å²) in [5.74, 6) is 0.428. The molecule has 17 heavy (non-hydrogen) atoms. The summed E-state index contributed by atoms with van der Waals surface area (Å²) in [6.07, 6.45) is 6.67. The van der Waals surface area contributed by atoms with Crippen molar-refractivity contribution in [3.8, 4) is 0 Å². The minimum atomic E-state index is 0.262. The zero-order chi connectivity index (χ0) is 12.3. The second-order valence-electron chi connectivity index (χ2n) is 4.65. The quantitative estimate of drug-likeness (QED) is 0.928. The number of aromatic nitrogens is 2. The summed E-state index contributed by atoms with van der Waals surface area (Å²) in [6.45, 7) is 1.48. The van der Waals surface area contributed by atoms with Crippen molar-refractivity contribution in [1.82, 2.24) is 9.78 Å². The van der Waals surface area contributed by atoms with Crippen LogP contribution in [0.15, 0.2) is 10.7 Å². The van der Waals surface area contributed by atoms with Gasteiger partial charge >= 0.3 is 0 Å². The molecule has 1 heterocycles. The molecule has 2 N–H and O–H groups in total. The number of rotatable bonds is 4. The molecule has 4 nitrogen and oxygen atoms in total. The van der Waals surface area contributed by atoms with E-state index in [1.807, 2.05) is 10.9 Å². The van der Waals surface area contributed by atoms with E-state index in [0.717, 1.165) is 17.4 Å². The molecule has 0 aromatic carbocycles. The van der Waals surface area contributed by atoms with Gasteiger partial charge in [0.1, 0.15) is 0 Å². The zero-order valence-electron chi connectivity index (χ0n) is 10.2. The number of nitrogens with two attached hydrogens (primary N) is 1. The van der Waals surface area contributed by atoms with Crippen LogP contribution < -0.4 is 5.73 Å². The van der Waals surface area contributed by atoms with Crippen LogP contribution in [-0.2, 0) is 11.3 Å². The monoisotopic (exact) mass is 301 g/mol. The minimum absolute atomic E-state index is 0.262. The molecule has 1 saturated carbocycles. The maximum Gasteiger partial charge on any atom is 0.0658 e. The van der Waals surface area contributed by atoms with E-state index in [4.69, 9.17) is 10.5 Å². The van der Waals surface area contributed by atoms with Crippen LogP contribution in [0.25, 0.3) is 0 Å². The first-order valence-corrected chi connectivity index (χ1v) is 6.99. The summed E-state index contributed by atoms with van der Waals surface area (Å²) in [6, 6.07) is 0.262. The van der Waals surface area contributed by atoms with Crippen LogP contribution in [0.3, 0.4) is 0 Å². The van der Waals surface area contributed by atoms with Crippen LogP contribution in [0, 0.1) is 0 Å². The van der Waals surface area contributed by atoms with Crippen LogP contribution in [0.4, 0.5) is 0 Å². The Hall–Kier alpha value is -0.390. The molecule has 1 aromatic heterocycles. The van der Waals surface area contributed by atoms with Crippen LogP contribution in [-0.4, -0.2) is 29.5 Å². The minimum Gasteiger partial charge on any atom is -0.383 e. The van der Waals surface area contributed by atoms with E-state index in [1.165, 1.54) is 25.0 Å². The number of hydrogen-bond acceptors (Lipinski definition) is 3. The average Bonchev–Trinajstić information content (AvgIpc) is 2.69. The number of ether oxygens (including phenoxy) is 1. The van der Waals surface area contributed by atoms with Crippen LogP contribution >= 0.6 is 15.9 Å². The Kier molecular flexibility index (Phi) is 4.59. The normalized spacial score (nSPS) is 25.1. The molecule has 2 unspecified atom stereocenters. The summed E-state index contributed by atoms with van der Waals surface area (Å²) >= 11 is 3.59. The van der Waals surface area contributed by atoms with Gasteiger partial charge in [0, 0.05) is 19.1 Å². The molecule has 0 bridgehead atoms. The molecule has 1 aliphatic rings. The highest BCUT2D eigenvalue weighted by Gasteiger charge is 2.28. The number of halogens is 1. The first kappa shape index (κ1) is 13.1. The van der Waals surface area contributed by atoms with Gasteiger partial charge in [-0.25, -0.2) is 0 Å². The molecule has 96 valence electrons. The Bertz CT molecular complexity index is 367. The molecule has 0 saturated heterocycles. The topological polar surface area (TPSA) is 53.1 Å². The molecule has 0 radical (unpaired) electrons. The summed E-state index contributed by atoms with van der Waals surface area (Å²) in [7, 11) is 1.71. The van der Waals surface area contributed by atoms with Crippen molar-refractivity contribution in [2.45, 2.75) is 44.2 Å². The molecule has 1 aromatic rings. The van der Waals surface area contributed by atoms with Crippen molar-refractivity contribution >= 4 is 15.9 Å². The second-order valence-corrected chi connectivity index (χ2v) is 5.50. The Labute approximate surface area is 111 Å². The maximum atomic E-state index is 6.24. The molecule has 0 aliphatic heterocycles. The fourth-order valence-corrected chi connectivity index (χ4v) is 3.19. The first-order chi connectivity index (χ1) is 8.24. The molecule has 1 aliphatic carbocycles. The predicted molar refractivity (Wildman–Crippen MR) is 71.0 cm³/mol. The van der Waals surface area contributed by atoms with Gasteiger partial charge < -0.3 is 10.5 Å². The van der Waals surface area contributed by atoms with Gasteiger partial charge in [-0.2, -0.15) is 5.10 Å². The van der Waals surface area contributed by atoms with Gasteiger partial charge in [0.05, 0.1) is 29.5 Å². The Morgan fingerprint density at radius 3 is 3.00 bits per heavy atom. The van der Waals surface area contributed by atoms with Gasteiger partial charge in [0.25, 0.3) is 0 Å². The number of methoxy groups -OCH3 is 1. The number of hydrogen-bond donors (Lipinski definition) is 1. The van der Waals surface area contributed by atoms with E-state index in [0.29, 0.717) is 12.5 Å². The SMILES string of the molecule is COCCn1ncc(Br)c1C1CCCCC1N. The van der Waals surface area contributed by atoms with Gasteiger partial charge in [-0.3, -0.25) is 4.68 Å². The molecule has 2 atom stereocenters. The average molecular weight is 302 g/mol. The van der Waals surface area contributed by atoms with Crippen LogP contribution in [0.2, 0.25) is 0 Å². The summed E-state index contributed by atoms with van der Waals surface area (Å²) in [4.78, 5) is 0. The van der Waals surface area contributed by atoms with Crippen molar-refractivity contribution in [3.63, 3.8) is 0 Å². The standard InChI is InChI=1S/C12H20BrN3O/c1-17-7-6-16-12(10(13)8-15-16)9-4-2-3-5-11(9)14/h8-9,11H,2-7,14H2,1H3. The number of nitrogens with zero attached hydrogens (tertiary/aromatic N) is 2. The third kappa shape index (κ3) is 2.89. The predicted octanol–water partition coefficient (Wildman–Crippen LogP) is 2.28. The van der Waals surface area contributed by atoms with E-state index in [-0.39, 0.29) is 6.04 Å². The van der Waals surface area contributed by atoms with E-state index in [2.05, 4.69) is 21.0 Å². The summed E-state index contributed by atoms with van der Waals surface area (Å²) in [5.41, 5.74) is 7.49. The first-order valence-electron chi connectivity index (χ1n) is 6.19. The third-order valence-electron chi connectivity index (χ3n) is 3.51. The summed E-state index contributed by atoms with van der Waals surface area (Å²) < 4.78 is 8.23. The van der Waals surface area contributed by atoms with E-state index in [9.17, 15) is 0 Å². The fraction of sp³-hybridized carbons (Fsp3) is 0.750.